The standard InChI is InChI=1S/C20H35N3O2/c1-3-12-21-20(25)18-10-14-23(15-11-18)16(2)19(24)22-13-9-17-7-5-4-6-8-17/h7,16,18H,3-6,8-15H2,1-2H3,(H,21,25)(H,22,24). The Balaban J connectivity index is 1.66. The van der Waals surface area contributed by atoms with Crippen LogP contribution in [0.4, 0.5) is 0 Å². The van der Waals surface area contributed by atoms with E-state index in [2.05, 4.69) is 28.5 Å². The molecule has 2 N–H and O–H groups in total. The van der Waals surface area contributed by atoms with E-state index >= 15 is 0 Å². The molecule has 1 saturated heterocycles. The molecule has 1 aliphatic heterocycles. The third-order valence-corrected chi connectivity index (χ3v) is 5.51. The van der Waals surface area contributed by atoms with Crippen LogP contribution in [-0.2, 0) is 9.59 Å². The number of nitrogens with one attached hydrogen (secondary N) is 2. The molecule has 5 nitrogen and oxygen atoms in total. The number of nitrogens with zero attached hydrogens (tertiary/aromatic N) is 1. The highest BCUT2D eigenvalue weighted by molar-refractivity contribution is 5.81. The molecule has 1 unspecified atom stereocenters. The second-order valence-corrected chi connectivity index (χ2v) is 7.43. The lowest BCUT2D eigenvalue weighted by molar-refractivity contribution is -0.128. The van der Waals surface area contributed by atoms with Gasteiger partial charge in [-0.05, 0) is 71.4 Å². The van der Waals surface area contributed by atoms with E-state index in [9.17, 15) is 9.59 Å². The van der Waals surface area contributed by atoms with Gasteiger partial charge in [-0.2, -0.15) is 0 Å². The molecule has 1 fully saturated rings. The fourth-order valence-electron chi connectivity index (χ4n) is 3.73. The van der Waals surface area contributed by atoms with Crippen LogP contribution in [0.25, 0.3) is 0 Å². The van der Waals surface area contributed by atoms with Crippen molar-refractivity contribution >= 4 is 11.8 Å². The first kappa shape index (κ1) is 20.0. The highest BCUT2D eigenvalue weighted by atomic mass is 16.2. The minimum Gasteiger partial charge on any atom is -0.356 e. The van der Waals surface area contributed by atoms with E-state index in [1.165, 1.54) is 31.3 Å². The van der Waals surface area contributed by atoms with E-state index in [0.717, 1.165) is 51.9 Å². The van der Waals surface area contributed by atoms with Gasteiger partial charge in [-0.3, -0.25) is 14.5 Å². The largest absolute Gasteiger partial charge is 0.356 e. The predicted octanol–water partition coefficient (Wildman–Crippen LogP) is 2.62. The molecule has 2 aliphatic rings. The molecule has 2 rings (SSSR count). The first-order valence-electron chi connectivity index (χ1n) is 10.1. The molecule has 0 bridgehead atoms. The number of hydrogen-bond acceptors (Lipinski definition) is 3. The number of carbonyl (C=O) groups is 2. The molecule has 5 heteroatoms. The van der Waals surface area contributed by atoms with Gasteiger partial charge in [0.25, 0.3) is 0 Å². The molecule has 0 aromatic heterocycles. The van der Waals surface area contributed by atoms with Gasteiger partial charge in [-0.1, -0.05) is 18.6 Å². The van der Waals surface area contributed by atoms with Gasteiger partial charge in [0.15, 0.2) is 0 Å². The predicted molar refractivity (Wildman–Crippen MR) is 101 cm³/mol. The lowest BCUT2D eigenvalue weighted by Gasteiger charge is -2.34. The quantitative estimate of drug-likeness (QED) is 0.662. The first-order valence-corrected chi connectivity index (χ1v) is 10.1. The number of rotatable bonds is 8. The Morgan fingerprint density at radius 3 is 2.60 bits per heavy atom. The second kappa shape index (κ2) is 10.6. The van der Waals surface area contributed by atoms with Crippen molar-refractivity contribution in [3.63, 3.8) is 0 Å². The van der Waals surface area contributed by atoms with Crippen molar-refractivity contribution < 1.29 is 9.59 Å². The van der Waals surface area contributed by atoms with Gasteiger partial charge < -0.3 is 10.6 Å². The SMILES string of the molecule is CCCNC(=O)C1CCN(C(C)C(=O)NCCC2=CCCCC2)CC1. The normalized spacial score (nSPS) is 20.6. The molecule has 0 spiro atoms. The van der Waals surface area contributed by atoms with E-state index in [4.69, 9.17) is 0 Å². The number of likely N-dealkylation sites (tertiary alicyclic amines) is 1. The van der Waals surface area contributed by atoms with E-state index < -0.39 is 0 Å². The van der Waals surface area contributed by atoms with Crippen molar-refractivity contribution in [1.82, 2.24) is 15.5 Å². The number of allylic oxidation sites excluding steroid dienone is 1. The molecule has 25 heavy (non-hydrogen) atoms. The summed E-state index contributed by atoms with van der Waals surface area (Å²) in [5.41, 5.74) is 1.50. The summed E-state index contributed by atoms with van der Waals surface area (Å²) in [6, 6.07) is -0.111. The summed E-state index contributed by atoms with van der Waals surface area (Å²) in [6.07, 6.45) is 11.0. The molecular formula is C20H35N3O2. The summed E-state index contributed by atoms with van der Waals surface area (Å²) < 4.78 is 0. The zero-order valence-electron chi connectivity index (χ0n) is 16.0. The van der Waals surface area contributed by atoms with Crippen LogP contribution in [0.5, 0.6) is 0 Å². The minimum absolute atomic E-state index is 0.108. The summed E-state index contributed by atoms with van der Waals surface area (Å²) in [6.45, 7) is 7.19. The molecular weight excluding hydrogens is 314 g/mol. The van der Waals surface area contributed by atoms with Gasteiger partial charge in [-0.25, -0.2) is 0 Å². The number of hydrogen-bond donors (Lipinski definition) is 2. The van der Waals surface area contributed by atoms with E-state index in [0.29, 0.717) is 0 Å². The van der Waals surface area contributed by atoms with Crippen LogP contribution in [0.3, 0.4) is 0 Å². The topological polar surface area (TPSA) is 61.4 Å². The summed E-state index contributed by atoms with van der Waals surface area (Å²) in [4.78, 5) is 26.6. The van der Waals surface area contributed by atoms with Crippen molar-refractivity contribution in [2.24, 2.45) is 5.92 Å². The molecule has 1 heterocycles. The highest BCUT2D eigenvalue weighted by Crippen LogP contribution is 2.20. The fourth-order valence-corrected chi connectivity index (χ4v) is 3.73. The lowest BCUT2D eigenvalue weighted by Crippen LogP contribution is -2.50. The van der Waals surface area contributed by atoms with E-state index in [1.807, 2.05) is 6.92 Å². The van der Waals surface area contributed by atoms with Crippen molar-refractivity contribution in [3.05, 3.63) is 11.6 Å². The average Bonchev–Trinajstić information content (AvgIpc) is 2.66. The van der Waals surface area contributed by atoms with Gasteiger partial charge >= 0.3 is 0 Å². The minimum atomic E-state index is -0.111. The average molecular weight is 350 g/mol. The Hall–Kier alpha value is -1.36. The second-order valence-electron chi connectivity index (χ2n) is 7.43. The van der Waals surface area contributed by atoms with Crippen LogP contribution in [0.15, 0.2) is 11.6 Å². The molecule has 1 atom stereocenters. The lowest BCUT2D eigenvalue weighted by atomic mass is 9.95. The summed E-state index contributed by atoms with van der Waals surface area (Å²) >= 11 is 0. The third-order valence-electron chi connectivity index (χ3n) is 5.51. The maximum atomic E-state index is 12.4. The summed E-state index contributed by atoms with van der Waals surface area (Å²) in [7, 11) is 0. The van der Waals surface area contributed by atoms with Crippen LogP contribution < -0.4 is 10.6 Å². The molecule has 0 saturated carbocycles. The Kier molecular flexibility index (Phi) is 8.45. The van der Waals surface area contributed by atoms with Crippen LogP contribution in [0.2, 0.25) is 0 Å². The van der Waals surface area contributed by atoms with Gasteiger partial charge in [-0.15, -0.1) is 0 Å². The van der Waals surface area contributed by atoms with Crippen molar-refractivity contribution in [2.75, 3.05) is 26.2 Å². The molecule has 2 amide bonds. The van der Waals surface area contributed by atoms with Crippen LogP contribution in [-0.4, -0.2) is 48.9 Å². The fraction of sp³-hybridized carbons (Fsp3) is 0.800. The summed E-state index contributed by atoms with van der Waals surface area (Å²) in [5.74, 6) is 0.404. The Morgan fingerprint density at radius 2 is 1.96 bits per heavy atom. The number of amides is 2. The van der Waals surface area contributed by atoms with Crippen LogP contribution in [0, 0.1) is 5.92 Å². The van der Waals surface area contributed by atoms with Crippen LogP contribution in [0.1, 0.15) is 65.2 Å². The smallest absolute Gasteiger partial charge is 0.237 e. The Morgan fingerprint density at radius 1 is 1.20 bits per heavy atom. The molecule has 0 radical (unpaired) electrons. The van der Waals surface area contributed by atoms with E-state index in [-0.39, 0.29) is 23.8 Å². The van der Waals surface area contributed by atoms with Gasteiger partial charge in [0, 0.05) is 19.0 Å². The maximum absolute atomic E-state index is 12.4. The number of piperidine rings is 1. The van der Waals surface area contributed by atoms with Crippen molar-refractivity contribution in [3.8, 4) is 0 Å². The van der Waals surface area contributed by atoms with Gasteiger partial charge in [0.2, 0.25) is 11.8 Å². The molecule has 0 aromatic rings. The zero-order chi connectivity index (χ0) is 18.1. The molecule has 1 aliphatic carbocycles. The molecule has 0 aromatic carbocycles. The van der Waals surface area contributed by atoms with Gasteiger partial charge in [0.05, 0.1) is 6.04 Å². The summed E-state index contributed by atoms with van der Waals surface area (Å²) in [5, 5.41) is 6.07. The monoisotopic (exact) mass is 349 g/mol. The van der Waals surface area contributed by atoms with Crippen molar-refractivity contribution in [2.45, 2.75) is 71.3 Å². The van der Waals surface area contributed by atoms with E-state index in [1.54, 1.807) is 0 Å². The number of carbonyl (C=O) groups excluding carboxylic acids is 2. The zero-order valence-corrected chi connectivity index (χ0v) is 16.0. The Labute approximate surface area is 152 Å². The van der Waals surface area contributed by atoms with Crippen LogP contribution >= 0.6 is 0 Å². The van der Waals surface area contributed by atoms with Crippen molar-refractivity contribution in [1.29, 1.82) is 0 Å². The Bertz CT molecular complexity index is 468. The maximum Gasteiger partial charge on any atom is 0.237 e. The molecule has 142 valence electrons. The third kappa shape index (κ3) is 6.46. The first-order chi connectivity index (χ1) is 12.1. The highest BCUT2D eigenvalue weighted by Gasteiger charge is 2.29. The van der Waals surface area contributed by atoms with Gasteiger partial charge in [0.1, 0.15) is 0 Å².